The van der Waals surface area contributed by atoms with E-state index < -0.39 is 10.0 Å². The summed E-state index contributed by atoms with van der Waals surface area (Å²) in [6, 6.07) is 14.6. The predicted octanol–water partition coefficient (Wildman–Crippen LogP) is 4.13. The standard InChI is InChI=1S/C22H25N3O3S/c1-3-8-17-13-14-21(23-16(17)2)24-22(26)18-9-7-12-20(15-18)29(27,28)25-19-10-5-4-6-11-19/h4-7,9-13,15-16,25H,3,8,14H2,1-2H3,(H,23,24,26). The van der Waals surface area contributed by atoms with E-state index in [0.717, 1.165) is 12.8 Å². The lowest BCUT2D eigenvalue weighted by Crippen LogP contribution is -2.33. The maximum atomic E-state index is 12.6. The van der Waals surface area contributed by atoms with Gasteiger partial charge >= 0.3 is 0 Å². The van der Waals surface area contributed by atoms with Crippen LogP contribution in [0.4, 0.5) is 5.69 Å². The van der Waals surface area contributed by atoms with E-state index in [2.05, 4.69) is 28.0 Å². The lowest BCUT2D eigenvalue weighted by Gasteiger charge is -2.19. The van der Waals surface area contributed by atoms with E-state index in [1.54, 1.807) is 42.5 Å². The molecule has 152 valence electrons. The van der Waals surface area contributed by atoms with E-state index in [9.17, 15) is 13.2 Å². The fraction of sp³-hybridized carbons (Fsp3) is 0.273. The topological polar surface area (TPSA) is 87.6 Å². The van der Waals surface area contributed by atoms with Gasteiger partial charge in [-0.25, -0.2) is 8.42 Å². The fourth-order valence-electron chi connectivity index (χ4n) is 3.18. The number of nitrogens with one attached hydrogen (secondary N) is 2. The number of hydrogen-bond donors (Lipinski definition) is 2. The third-order valence-electron chi connectivity index (χ3n) is 4.67. The van der Waals surface area contributed by atoms with Crippen molar-refractivity contribution in [2.45, 2.75) is 44.0 Å². The molecule has 1 aliphatic heterocycles. The van der Waals surface area contributed by atoms with E-state index in [4.69, 9.17) is 0 Å². The van der Waals surface area contributed by atoms with E-state index in [1.165, 1.54) is 17.7 Å². The van der Waals surface area contributed by atoms with Crippen LogP contribution in [-0.4, -0.2) is 26.2 Å². The van der Waals surface area contributed by atoms with Crippen LogP contribution < -0.4 is 10.0 Å². The molecule has 1 aliphatic rings. The first-order valence-corrected chi connectivity index (χ1v) is 11.1. The normalized spacial score (nSPS) is 16.6. The third-order valence-corrected chi connectivity index (χ3v) is 6.05. The maximum Gasteiger partial charge on any atom is 0.261 e. The van der Waals surface area contributed by atoms with Gasteiger partial charge in [0.1, 0.15) is 5.84 Å². The molecule has 1 amide bonds. The second kappa shape index (κ2) is 9.05. The lowest BCUT2D eigenvalue weighted by atomic mass is 10.00. The van der Waals surface area contributed by atoms with Crippen molar-refractivity contribution in [2.75, 3.05) is 4.72 Å². The van der Waals surface area contributed by atoms with Crippen LogP contribution in [0.5, 0.6) is 0 Å². The first kappa shape index (κ1) is 20.8. The molecule has 0 bridgehead atoms. The second-order valence-electron chi connectivity index (χ2n) is 6.94. The molecule has 0 spiro atoms. The molecule has 2 aromatic carbocycles. The Morgan fingerprint density at radius 2 is 1.90 bits per heavy atom. The molecule has 2 aromatic rings. The zero-order valence-corrected chi connectivity index (χ0v) is 17.4. The van der Waals surface area contributed by atoms with Crippen molar-refractivity contribution in [1.29, 1.82) is 0 Å². The van der Waals surface area contributed by atoms with Crippen LogP contribution in [0.15, 0.2) is 76.1 Å². The number of benzene rings is 2. The summed E-state index contributed by atoms with van der Waals surface area (Å²) >= 11 is 0. The number of hydrogen-bond acceptors (Lipinski definition) is 4. The number of sulfonamides is 1. The van der Waals surface area contributed by atoms with Crippen LogP contribution in [0, 0.1) is 0 Å². The quantitative estimate of drug-likeness (QED) is 0.701. The molecule has 3 rings (SSSR count). The van der Waals surface area contributed by atoms with Crippen LogP contribution in [0.3, 0.4) is 0 Å². The number of aliphatic imine (C=N–C) groups is 1. The minimum absolute atomic E-state index is 0.0260. The van der Waals surface area contributed by atoms with Gasteiger partial charge in [-0.15, -0.1) is 0 Å². The van der Waals surface area contributed by atoms with Gasteiger partial charge in [-0.2, -0.15) is 0 Å². The van der Waals surface area contributed by atoms with Gasteiger partial charge in [0.05, 0.1) is 10.9 Å². The van der Waals surface area contributed by atoms with Gasteiger partial charge in [0.15, 0.2) is 0 Å². The Balaban J connectivity index is 1.72. The molecular weight excluding hydrogens is 386 g/mol. The summed E-state index contributed by atoms with van der Waals surface area (Å²) in [6.45, 7) is 4.14. The smallest absolute Gasteiger partial charge is 0.261 e. The Morgan fingerprint density at radius 1 is 1.14 bits per heavy atom. The molecule has 0 fully saturated rings. The van der Waals surface area contributed by atoms with Gasteiger partial charge < -0.3 is 5.32 Å². The Morgan fingerprint density at radius 3 is 2.59 bits per heavy atom. The van der Waals surface area contributed by atoms with E-state index in [1.807, 2.05) is 6.92 Å². The molecule has 0 saturated carbocycles. The zero-order valence-electron chi connectivity index (χ0n) is 16.6. The molecule has 6 nitrogen and oxygen atoms in total. The molecule has 0 radical (unpaired) electrons. The number of dihydropyridines is 1. The van der Waals surface area contributed by atoms with Crippen LogP contribution in [-0.2, 0) is 10.0 Å². The van der Waals surface area contributed by atoms with E-state index >= 15 is 0 Å². The summed E-state index contributed by atoms with van der Waals surface area (Å²) < 4.78 is 27.8. The average molecular weight is 412 g/mol. The molecule has 0 saturated heterocycles. The summed E-state index contributed by atoms with van der Waals surface area (Å²) in [5, 5.41) is 2.81. The lowest BCUT2D eigenvalue weighted by molar-refractivity contribution is 0.0976. The van der Waals surface area contributed by atoms with Crippen molar-refractivity contribution >= 4 is 27.5 Å². The molecule has 7 heteroatoms. The van der Waals surface area contributed by atoms with Crippen molar-refractivity contribution in [2.24, 2.45) is 4.99 Å². The molecule has 0 aromatic heterocycles. The summed E-state index contributed by atoms with van der Waals surface area (Å²) in [5.41, 5.74) is 2.01. The summed E-state index contributed by atoms with van der Waals surface area (Å²) in [5.74, 6) is 0.220. The van der Waals surface area contributed by atoms with E-state index in [-0.39, 0.29) is 22.4 Å². The third kappa shape index (κ3) is 5.32. The van der Waals surface area contributed by atoms with Crippen LogP contribution in [0.1, 0.15) is 43.5 Å². The number of carbonyl (C=O) groups excluding carboxylic acids is 1. The Labute approximate surface area is 171 Å². The number of anilines is 1. The fourth-order valence-corrected chi connectivity index (χ4v) is 4.28. The number of carbonyl (C=O) groups is 1. The highest BCUT2D eigenvalue weighted by Gasteiger charge is 2.19. The summed E-state index contributed by atoms with van der Waals surface area (Å²) in [6.07, 6.45) is 4.74. The van der Waals surface area contributed by atoms with Crippen molar-refractivity contribution in [3.8, 4) is 0 Å². The van der Waals surface area contributed by atoms with Gasteiger partial charge in [-0.3, -0.25) is 14.5 Å². The number of rotatable bonds is 6. The minimum atomic E-state index is -3.79. The van der Waals surface area contributed by atoms with Gasteiger partial charge in [0.2, 0.25) is 0 Å². The van der Waals surface area contributed by atoms with Gasteiger partial charge in [-0.1, -0.05) is 43.7 Å². The molecule has 1 heterocycles. The van der Waals surface area contributed by atoms with Gasteiger partial charge in [-0.05, 0) is 49.2 Å². The molecule has 1 atom stereocenters. The maximum absolute atomic E-state index is 12.6. The largest absolute Gasteiger partial charge is 0.310 e. The van der Waals surface area contributed by atoms with Crippen LogP contribution >= 0.6 is 0 Å². The second-order valence-corrected chi connectivity index (χ2v) is 8.62. The first-order valence-electron chi connectivity index (χ1n) is 9.64. The van der Waals surface area contributed by atoms with Crippen molar-refractivity contribution in [1.82, 2.24) is 5.32 Å². The highest BCUT2D eigenvalue weighted by molar-refractivity contribution is 7.92. The van der Waals surface area contributed by atoms with Crippen molar-refractivity contribution < 1.29 is 13.2 Å². The Kier molecular flexibility index (Phi) is 6.49. The highest BCUT2D eigenvalue weighted by atomic mass is 32.2. The Bertz CT molecular complexity index is 1040. The Hall–Kier alpha value is -2.93. The van der Waals surface area contributed by atoms with Gasteiger partial charge in [0, 0.05) is 17.7 Å². The monoisotopic (exact) mass is 411 g/mol. The SMILES string of the molecule is CCCC1=CCC(NC(=O)c2cccc(S(=O)(=O)Nc3ccccc3)c2)=NC1C. The minimum Gasteiger partial charge on any atom is -0.310 e. The molecule has 0 aliphatic carbocycles. The van der Waals surface area contributed by atoms with Crippen LogP contribution in [0.2, 0.25) is 0 Å². The highest BCUT2D eigenvalue weighted by Crippen LogP contribution is 2.19. The first-order chi connectivity index (χ1) is 13.9. The molecule has 1 unspecified atom stereocenters. The summed E-state index contributed by atoms with van der Waals surface area (Å²) in [4.78, 5) is 17.2. The predicted molar refractivity (Wildman–Crippen MR) is 116 cm³/mol. The number of amides is 1. The zero-order chi connectivity index (χ0) is 20.9. The van der Waals surface area contributed by atoms with Crippen molar-refractivity contribution in [3.05, 3.63) is 71.8 Å². The van der Waals surface area contributed by atoms with Crippen LogP contribution in [0.25, 0.3) is 0 Å². The van der Waals surface area contributed by atoms with Crippen molar-refractivity contribution in [3.63, 3.8) is 0 Å². The molecule has 2 N–H and O–H groups in total. The molecule has 29 heavy (non-hydrogen) atoms. The van der Waals surface area contributed by atoms with Gasteiger partial charge in [0.25, 0.3) is 15.9 Å². The summed E-state index contributed by atoms with van der Waals surface area (Å²) in [7, 11) is -3.79. The number of amidine groups is 1. The number of para-hydroxylation sites is 1. The van der Waals surface area contributed by atoms with E-state index in [0.29, 0.717) is 17.9 Å². The average Bonchev–Trinajstić information content (AvgIpc) is 2.71. The molecular formula is C22H25N3O3S. The number of nitrogens with zero attached hydrogens (tertiary/aromatic N) is 1.